The summed E-state index contributed by atoms with van der Waals surface area (Å²) in [5.74, 6) is 0.400. The molecule has 0 rings (SSSR count). The first kappa shape index (κ1) is 11.0. The predicted octanol–water partition coefficient (Wildman–Crippen LogP) is 2.83. The summed E-state index contributed by atoms with van der Waals surface area (Å²) in [6.45, 7) is 10.7. The van der Waals surface area contributed by atoms with E-state index < -0.39 is 0 Å². The van der Waals surface area contributed by atoms with Crippen molar-refractivity contribution in [1.29, 1.82) is 0 Å². The second-order valence-corrected chi connectivity index (χ2v) is 3.89. The molecule has 68 valence electrons. The summed E-state index contributed by atoms with van der Waals surface area (Å²) in [4.78, 5) is 0. The Kier molecular flexibility index (Phi) is 4.09. The summed E-state index contributed by atoms with van der Waals surface area (Å²) in [5.41, 5.74) is 0.314. The molecule has 0 saturated carbocycles. The van der Waals surface area contributed by atoms with Crippen LogP contribution in [0.15, 0.2) is 0 Å². The summed E-state index contributed by atoms with van der Waals surface area (Å²) in [6.07, 6.45) is 2.12. The first-order chi connectivity index (χ1) is 4.98. The Balaban J connectivity index is 4.24. The second-order valence-electron chi connectivity index (χ2n) is 3.89. The molecule has 0 aromatic carbocycles. The molecule has 11 heavy (non-hydrogen) atoms. The molecule has 0 aromatic heterocycles. The molecule has 0 aliphatic rings. The summed E-state index contributed by atoms with van der Waals surface area (Å²) in [7, 11) is 0. The van der Waals surface area contributed by atoms with E-state index in [1.54, 1.807) is 0 Å². The van der Waals surface area contributed by atoms with Crippen molar-refractivity contribution in [3.05, 3.63) is 0 Å². The quantitative estimate of drug-likeness (QED) is 0.667. The summed E-state index contributed by atoms with van der Waals surface area (Å²) in [6, 6.07) is 0. The van der Waals surface area contributed by atoms with Gasteiger partial charge in [0.2, 0.25) is 0 Å². The zero-order chi connectivity index (χ0) is 9.07. The van der Waals surface area contributed by atoms with Crippen LogP contribution >= 0.6 is 0 Å². The van der Waals surface area contributed by atoms with E-state index in [2.05, 4.69) is 27.7 Å². The predicted molar refractivity (Wildman–Crippen MR) is 49.5 cm³/mol. The fourth-order valence-corrected chi connectivity index (χ4v) is 1.48. The highest BCUT2D eigenvalue weighted by Crippen LogP contribution is 2.36. The van der Waals surface area contributed by atoms with E-state index in [4.69, 9.17) is 0 Å². The number of aliphatic hydroxyl groups is 1. The normalized spacial score (nSPS) is 18.0. The highest BCUT2D eigenvalue weighted by molar-refractivity contribution is 4.80. The maximum atomic E-state index is 9.42. The van der Waals surface area contributed by atoms with E-state index in [1.807, 2.05) is 6.92 Å². The van der Waals surface area contributed by atoms with E-state index in [9.17, 15) is 5.11 Å². The Hall–Kier alpha value is -0.0400. The molecule has 0 fully saturated rings. The molecule has 2 unspecified atom stereocenters. The van der Waals surface area contributed by atoms with Gasteiger partial charge in [0, 0.05) is 0 Å². The van der Waals surface area contributed by atoms with Crippen molar-refractivity contribution >= 4 is 0 Å². The first-order valence-corrected chi connectivity index (χ1v) is 4.66. The van der Waals surface area contributed by atoms with Crippen LogP contribution in [0, 0.1) is 11.3 Å². The standard InChI is InChI=1S/C10H22O/c1-6-10(5,7-2)8(3)9(4)11/h8-9,11H,6-7H2,1-5H3. The zero-order valence-electron chi connectivity index (χ0n) is 8.52. The molecule has 1 nitrogen and oxygen atoms in total. The van der Waals surface area contributed by atoms with Gasteiger partial charge in [-0.05, 0) is 18.3 Å². The number of hydrogen-bond acceptors (Lipinski definition) is 1. The lowest BCUT2D eigenvalue weighted by atomic mass is 9.72. The van der Waals surface area contributed by atoms with Gasteiger partial charge >= 0.3 is 0 Å². The number of hydrogen-bond donors (Lipinski definition) is 1. The molecular formula is C10H22O. The van der Waals surface area contributed by atoms with Crippen LogP contribution in [0.25, 0.3) is 0 Å². The zero-order valence-corrected chi connectivity index (χ0v) is 8.52. The van der Waals surface area contributed by atoms with Crippen LogP contribution in [0.4, 0.5) is 0 Å². The van der Waals surface area contributed by atoms with E-state index in [1.165, 1.54) is 0 Å². The Labute approximate surface area is 70.8 Å². The number of aliphatic hydroxyl groups excluding tert-OH is 1. The molecule has 0 spiro atoms. The van der Waals surface area contributed by atoms with Crippen LogP contribution in [-0.2, 0) is 0 Å². The lowest BCUT2D eigenvalue weighted by Gasteiger charge is -2.35. The van der Waals surface area contributed by atoms with Gasteiger partial charge in [0.05, 0.1) is 6.10 Å². The third-order valence-electron chi connectivity index (χ3n) is 3.44. The van der Waals surface area contributed by atoms with Crippen LogP contribution in [0.1, 0.15) is 47.5 Å². The molecule has 2 atom stereocenters. The maximum Gasteiger partial charge on any atom is 0.0542 e. The maximum absolute atomic E-state index is 9.42. The van der Waals surface area contributed by atoms with Crippen molar-refractivity contribution in [2.45, 2.75) is 53.6 Å². The summed E-state index contributed by atoms with van der Waals surface area (Å²) in [5, 5.41) is 9.42. The minimum absolute atomic E-state index is 0.181. The van der Waals surface area contributed by atoms with Gasteiger partial charge in [-0.25, -0.2) is 0 Å². The Morgan fingerprint density at radius 2 is 1.55 bits per heavy atom. The van der Waals surface area contributed by atoms with Crippen LogP contribution in [-0.4, -0.2) is 11.2 Å². The van der Waals surface area contributed by atoms with E-state index >= 15 is 0 Å². The van der Waals surface area contributed by atoms with Gasteiger partial charge in [-0.2, -0.15) is 0 Å². The van der Waals surface area contributed by atoms with Crippen molar-refractivity contribution in [2.24, 2.45) is 11.3 Å². The summed E-state index contributed by atoms with van der Waals surface area (Å²) < 4.78 is 0. The third-order valence-corrected chi connectivity index (χ3v) is 3.44. The van der Waals surface area contributed by atoms with Crippen molar-refractivity contribution < 1.29 is 5.11 Å². The van der Waals surface area contributed by atoms with Gasteiger partial charge in [-0.15, -0.1) is 0 Å². The molecule has 1 heteroatoms. The van der Waals surface area contributed by atoms with Crippen molar-refractivity contribution in [3.8, 4) is 0 Å². The topological polar surface area (TPSA) is 20.2 Å². The second kappa shape index (κ2) is 4.10. The highest BCUT2D eigenvalue weighted by atomic mass is 16.3. The van der Waals surface area contributed by atoms with Crippen LogP contribution < -0.4 is 0 Å². The molecule has 0 aliphatic carbocycles. The van der Waals surface area contributed by atoms with E-state index in [-0.39, 0.29) is 6.10 Å². The number of rotatable bonds is 4. The lowest BCUT2D eigenvalue weighted by molar-refractivity contribution is 0.0432. The van der Waals surface area contributed by atoms with Gasteiger partial charge < -0.3 is 5.11 Å². The first-order valence-electron chi connectivity index (χ1n) is 4.66. The van der Waals surface area contributed by atoms with Gasteiger partial charge in [0.15, 0.2) is 0 Å². The smallest absolute Gasteiger partial charge is 0.0542 e. The largest absolute Gasteiger partial charge is 0.393 e. The van der Waals surface area contributed by atoms with E-state index in [0.717, 1.165) is 12.8 Å². The van der Waals surface area contributed by atoms with Crippen LogP contribution in [0.2, 0.25) is 0 Å². The molecule has 0 aliphatic heterocycles. The molecule has 0 heterocycles. The fourth-order valence-electron chi connectivity index (χ4n) is 1.48. The van der Waals surface area contributed by atoms with Crippen molar-refractivity contribution in [1.82, 2.24) is 0 Å². The fraction of sp³-hybridized carbons (Fsp3) is 1.00. The minimum atomic E-state index is -0.181. The summed E-state index contributed by atoms with van der Waals surface area (Å²) >= 11 is 0. The minimum Gasteiger partial charge on any atom is -0.393 e. The molecule has 0 radical (unpaired) electrons. The van der Waals surface area contributed by atoms with Crippen molar-refractivity contribution in [2.75, 3.05) is 0 Å². The van der Waals surface area contributed by atoms with E-state index in [0.29, 0.717) is 11.3 Å². The molecule has 0 saturated heterocycles. The van der Waals surface area contributed by atoms with Crippen molar-refractivity contribution in [3.63, 3.8) is 0 Å². The third kappa shape index (κ3) is 2.48. The molecule has 0 bridgehead atoms. The Morgan fingerprint density at radius 1 is 1.18 bits per heavy atom. The van der Waals surface area contributed by atoms with Gasteiger partial charge in [0.1, 0.15) is 0 Å². The lowest BCUT2D eigenvalue weighted by Crippen LogP contribution is -2.31. The highest BCUT2D eigenvalue weighted by Gasteiger charge is 2.29. The van der Waals surface area contributed by atoms with Gasteiger partial charge in [-0.1, -0.05) is 40.5 Å². The average Bonchev–Trinajstić information content (AvgIpc) is 2.01. The molecule has 1 N–H and O–H groups in total. The Morgan fingerprint density at radius 3 is 1.64 bits per heavy atom. The molecular weight excluding hydrogens is 136 g/mol. The Bertz CT molecular complexity index is 103. The van der Waals surface area contributed by atoms with Crippen LogP contribution in [0.5, 0.6) is 0 Å². The van der Waals surface area contributed by atoms with Crippen LogP contribution in [0.3, 0.4) is 0 Å². The average molecular weight is 158 g/mol. The monoisotopic (exact) mass is 158 g/mol. The van der Waals surface area contributed by atoms with Gasteiger partial charge in [-0.3, -0.25) is 0 Å². The SMILES string of the molecule is CCC(C)(CC)C(C)C(C)O. The van der Waals surface area contributed by atoms with Gasteiger partial charge in [0.25, 0.3) is 0 Å². The molecule has 0 aromatic rings. The molecule has 0 amide bonds.